The molecule has 1 rings (SSSR count). The molecule has 2 unspecified atom stereocenters. The molecule has 1 nitrogen and oxygen atoms in total. The lowest BCUT2D eigenvalue weighted by Gasteiger charge is -2.31. The van der Waals surface area contributed by atoms with Crippen LogP contribution in [0.2, 0.25) is 0 Å². The second-order valence-electron chi connectivity index (χ2n) is 4.61. The van der Waals surface area contributed by atoms with Crippen molar-refractivity contribution < 1.29 is 0 Å². The largest absolute Gasteiger partial charge is 0.311 e. The summed E-state index contributed by atoms with van der Waals surface area (Å²) in [7, 11) is 0. The quantitative estimate of drug-likeness (QED) is 0.705. The van der Waals surface area contributed by atoms with E-state index in [4.69, 9.17) is 0 Å². The zero-order chi connectivity index (χ0) is 9.68. The molecule has 1 heterocycles. The van der Waals surface area contributed by atoms with E-state index in [1.165, 1.54) is 38.5 Å². The van der Waals surface area contributed by atoms with Gasteiger partial charge in [-0.25, -0.2) is 0 Å². The fraction of sp³-hybridized carbons (Fsp3) is 1.00. The second kappa shape index (κ2) is 5.64. The highest BCUT2D eigenvalue weighted by atomic mass is 15.0. The van der Waals surface area contributed by atoms with E-state index in [-0.39, 0.29) is 0 Å². The predicted octanol–water partition coefficient (Wildman–Crippen LogP) is 3.34. The molecule has 2 atom stereocenters. The van der Waals surface area contributed by atoms with Crippen LogP contribution in [0.1, 0.15) is 59.3 Å². The van der Waals surface area contributed by atoms with Crippen molar-refractivity contribution in [2.24, 2.45) is 5.92 Å². The Morgan fingerprint density at radius 1 is 1.23 bits per heavy atom. The molecule has 0 saturated carbocycles. The van der Waals surface area contributed by atoms with E-state index < -0.39 is 0 Å². The van der Waals surface area contributed by atoms with Gasteiger partial charge in [0.15, 0.2) is 0 Å². The Kier molecular flexibility index (Phi) is 4.79. The Labute approximate surface area is 83.3 Å². The first-order valence-corrected chi connectivity index (χ1v) is 6.02. The van der Waals surface area contributed by atoms with Crippen LogP contribution in [-0.2, 0) is 0 Å². The molecule has 1 saturated heterocycles. The molecule has 1 fully saturated rings. The fourth-order valence-electron chi connectivity index (χ4n) is 2.45. The summed E-state index contributed by atoms with van der Waals surface area (Å²) >= 11 is 0. The Morgan fingerprint density at radius 2 is 1.92 bits per heavy atom. The fourth-order valence-corrected chi connectivity index (χ4v) is 2.45. The average molecular weight is 183 g/mol. The third-order valence-corrected chi connectivity index (χ3v) is 3.48. The molecule has 1 aliphatic heterocycles. The summed E-state index contributed by atoms with van der Waals surface area (Å²) in [6.45, 7) is 6.96. The molecule has 1 aliphatic rings. The topological polar surface area (TPSA) is 12.0 Å². The van der Waals surface area contributed by atoms with Gasteiger partial charge >= 0.3 is 0 Å². The average Bonchev–Trinajstić information content (AvgIpc) is 2.14. The van der Waals surface area contributed by atoms with Crippen molar-refractivity contribution >= 4 is 0 Å². The number of hydrogen-bond donors (Lipinski definition) is 1. The predicted molar refractivity (Wildman–Crippen MR) is 58.9 cm³/mol. The van der Waals surface area contributed by atoms with Crippen LogP contribution in [0.25, 0.3) is 0 Å². The van der Waals surface area contributed by atoms with Gasteiger partial charge in [0.1, 0.15) is 0 Å². The van der Waals surface area contributed by atoms with Crippen LogP contribution in [-0.4, -0.2) is 12.1 Å². The molecule has 0 amide bonds. The third kappa shape index (κ3) is 3.68. The van der Waals surface area contributed by atoms with Crippen LogP contribution >= 0.6 is 0 Å². The summed E-state index contributed by atoms with van der Waals surface area (Å²) in [6.07, 6.45) is 8.31. The van der Waals surface area contributed by atoms with E-state index in [1.54, 1.807) is 0 Å². The maximum atomic E-state index is 3.72. The van der Waals surface area contributed by atoms with Gasteiger partial charge in [-0.1, -0.05) is 33.1 Å². The van der Waals surface area contributed by atoms with Gasteiger partial charge in [-0.15, -0.1) is 0 Å². The highest BCUT2D eigenvalue weighted by Crippen LogP contribution is 2.21. The van der Waals surface area contributed by atoms with Gasteiger partial charge in [0.05, 0.1) is 0 Å². The summed E-state index contributed by atoms with van der Waals surface area (Å²) in [5, 5.41) is 3.72. The van der Waals surface area contributed by atoms with Gasteiger partial charge in [0.25, 0.3) is 0 Å². The Balaban J connectivity index is 2.26. The molecule has 0 bridgehead atoms. The van der Waals surface area contributed by atoms with E-state index in [9.17, 15) is 0 Å². The minimum absolute atomic E-state index is 0.758. The van der Waals surface area contributed by atoms with Gasteiger partial charge in [-0.2, -0.15) is 0 Å². The van der Waals surface area contributed by atoms with Crippen LogP contribution in [0.3, 0.4) is 0 Å². The molecule has 1 heteroatoms. The molecular weight excluding hydrogens is 158 g/mol. The first kappa shape index (κ1) is 11.0. The first-order chi connectivity index (χ1) is 6.26. The molecule has 1 N–H and O–H groups in total. The molecule has 78 valence electrons. The van der Waals surface area contributed by atoms with Crippen LogP contribution in [0.15, 0.2) is 0 Å². The monoisotopic (exact) mass is 183 g/mol. The van der Waals surface area contributed by atoms with Crippen molar-refractivity contribution in [2.45, 2.75) is 71.4 Å². The van der Waals surface area contributed by atoms with Gasteiger partial charge in [-0.05, 0) is 32.1 Å². The standard InChI is InChI=1S/C12H25N/c1-4-11(5-2)9-12-8-6-7-10(3)13-12/h10-13H,4-9H2,1-3H3. The Bertz CT molecular complexity index is 129. The van der Waals surface area contributed by atoms with Crippen LogP contribution in [0.4, 0.5) is 0 Å². The van der Waals surface area contributed by atoms with E-state index in [0.717, 1.165) is 18.0 Å². The number of piperidine rings is 1. The second-order valence-corrected chi connectivity index (χ2v) is 4.61. The Morgan fingerprint density at radius 3 is 2.46 bits per heavy atom. The molecule has 0 aromatic carbocycles. The lowest BCUT2D eigenvalue weighted by atomic mass is 9.89. The lowest BCUT2D eigenvalue weighted by Crippen LogP contribution is -2.41. The first-order valence-electron chi connectivity index (χ1n) is 6.02. The van der Waals surface area contributed by atoms with Crippen molar-refractivity contribution in [1.29, 1.82) is 0 Å². The zero-order valence-corrected chi connectivity index (χ0v) is 9.47. The molecule has 0 aromatic heterocycles. The maximum Gasteiger partial charge on any atom is 0.00721 e. The van der Waals surface area contributed by atoms with Crippen molar-refractivity contribution in [3.05, 3.63) is 0 Å². The molecular formula is C12H25N. The minimum Gasteiger partial charge on any atom is -0.311 e. The van der Waals surface area contributed by atoms with E-state index in [2.05, 4.69) is 26.1 Å². The smallest absolute Gasteiger partial charge is 0.00721 e. The summed E-state index contributed by atoms with van der Waals surface area (Å²) in [5.74, 6) is 0.947. The van der Waals surface area contributed by atoms with E-state index in [1.807, 2.05) is 0 Å². The SMILES string of the molecule is CCC(CC)CC1CCCC(C)N1. The van der Waals surface area contributed by atoms with Crippen LogP contribution in [0, 0.1) is 5.92 Å². The number of hydrogen-bond acceptors (Lipinski definition) is 1. The van der Waals surface area contributed by atoms with Crippen molar-refractivity contribution in [3.63, 3.8) is 0 Å². The summed E-state index contributed by atoms with van der Waals surface area (Å²) in [4.78, 5) is 0. The highest BCUT2D eigenvalue weighted by Gasteiger charge is 2.19. The zero-order valence-electron chi connectivity index (χ0n) is 9.47. The molecule has 0 aromatic rings. The number of rotatable bonds is 4. The molecule has 0 spiro atoms. The maximum absolute atomic E-state index is 3.72. The van der Waals surface area contributed by atoms with Gasteiger partial charge in [0.2, 0.25) is 0 Å². The molecule has 0 radical (unpaired) electrons. The van der Waals surface area contributed by atoms with Gasteiger partial charge in [0, 0.05) is 12.1 Å². The van der Waals surface area contributed by atoms with Crippen LogP contribution < -0.4 is 5.32 Å². The van der Waals surface area contributed by atoms with Gasteiger partial charge in [-0.3, -0.25) is 0 Å². The molecule has 13 heavy (non-hydrogen) atoms. The van der Waals surface area contributed by atoms with Crippen molar-refractivity contribution in [1.82, 2.24) is 5.32 Å². The van der Waals surface area contributed by atoms with E-state index >= 15 is 0 Å². The summed E-state index contributed by atoms with van der Waals surface area (Å²) < 4.78 is 0. The normalized spacial score (nSPS) is 29.5. The van der Waals surface area contributed by atoms with Crippen molar-refractivity contribution in [2.75, 3.05) is 0 Å². The highest BCUT2D eigenvalue weighted by molar-refractivity contribution is 4.79. The Hall–Kier alpha value is -0.0400. The number of nitrogens with one attached hydrogen (secondary N) is 1. The van der Waals surface area contributed by atoms with Crippen LogP contribution in [0.5, 0.6) is 0 Å². The lowest BCUT2D eigenvalue weighted by molar-refractivity contribution is 0.279. The van der Waals surface area contributed by atoms with Crippen molar-refractivity contribution in [3.8, 4) is 0 Å². The third-order valence-electron chi connectivity index (χ3n) is 3.48. The molecule has 0 aliphatic carbocycles. The van der Waals surface area contributed by atoms with Gasteiger partial charge < -0.3 is 5.32 Å². The summed E-state index contributed by atoms with van der Waals surface area (Å²) in [5.41, 5.74) is 0. The summed E-state index contributed by atoms with van der Waals surface area (Å²) in [6, 6.07) is 1.57. The van der Waals surface area contributed by atoms with E-state index in [0.29, 0.717) is 0 Å². The minimum atomic E-state index is 0.758.